The average molecular weight is 230 g/mol. The van der Waals surface area contributed by atoms with Gasteiger partial charge < -0.3 is 5.32 Å². The highest BCUT2D eigenvalue weighted by Crippen LogP contribution is 2.14. The van der Waals surface area contributed by atoms with Crippen LogP contribution in [0.25, 0.3) is 0 Å². The molecule has 0 aliphatic heterocycles. The Balaban J connectivity index is 2.21. The van der Waals surface area contributed by atoms with E-state index in [4.69, 9.17) is 11.6 Å². The van der Waals surface area contributed by atoms with Crippen LogP contribution in [-0.2, 0) is 0 Å². The lowest BCUT2D eigenvalue weighted by Gasteiger charge is -2.13. The summed E-state index contributed by atoms with van der Waals surface area (Å²) in [6, 6.07) is 0.992. The normalized spacial score (nSPS) is 13.4. The van der Waals surface area contributed by atoms with Gasteiger partial charge in [-0.1, -0.05) is 25.4 Å². The topological polar surface area (TPSA) is 29.9 Å². The molecule has 1 atom stereocenters. The predicted octanol–water partition coefficient (Wildman–Crippen LogP) is 2.88. The second-order valence-electron chi connectivity index (χ2n) is 4.24. The third-order valence-electron chi connectivity index (χ3n) is 2.37. The van der Waals surface area contributed by atoms with Gasteiger partial charge in [-0.05, 0) is 26.3 Å². The molecule has 0 bridgehead atoms. The van der Waals surface area contributed by atoms with Crippen molar-refractivity contribution in [1.29, 1.82) is 0 Å². The fourth-order valence-electron chi connectivity index (χ4n) is 1.48. The Labute approximate surface area is 96.8 Å². The molecule has 0 aliphatic rings. The van der Waals surface area contributed by atoms with Gasteiger partial charge in [0.1, 0.15) is 0 Å². The molecule has 1 aromatic heterocycles. The van der Waals surface area contributed by atoms with Crippen LogP contribution < -0.4 is 5.32 Å². The first-order valence-corrected chi connectivity index (χ1v) is 5.90. The molecule has 86 valence electrons. The van der Waals surface area contributed by atoms with Crippen molar-refractivity contribution in [3.05, 3.63) is 17.4 Å². The smallest absolute Gasteiger partial charge is 0.0785 e. The molecule has 3 nitrogen and oxygen atoms in total. The minimum atomic E-state index is 0.423. The molecule has 0 saturated carbocycles. The molecule has 1 aromatic rings. The van der Waals surface area contributed by atoms with Gasteiger partial charge >= 0.3 is 0 Å². The highest BCUT2D eigenvalue weighted by molar-refractivity contribution is 6.30. The Hall–Kier alpha value is -0.540. The molecule has 0 fully saturated rings. The first-order chi connectivity index (χ1) is 7.09. The number of halogens is 1. The van der Waals surface area contributed by atoms with Crippen molar-refractivity contribution in [2.24, 2.45) is 0 Å². The number of hydrogen-bond acceptors (Lipinski definition) is 2. The summed E-state index contributed by atoms with van der Waals surface area (Å²) in [4.78, 5) is 0. The van der Waals surface area contributed by atoms with Gasteiger partial charge in [-0.2, -0.15) is 5.10 Å². The molecule has 0 radical (unpaired) electrons. The Bertz CT molecular complexity index is 283. The molecule has 1 rings (SSSR count). The molecule has 0 amide bonds. The van der Waals surface area contributed by atoms with E-state index >= 15 is 0 Å². The largest absolute Gasteiger partial charge is 0.315 e. The quantitative estimate of drug-likeness (QED) is 0.761. The van der Waals surface area contributed by atoms with Gasteiger partial charge in [0, 0.05) is 18.3 Å². The molecule has 0 spiro atoms. The summed E-state index contributed by atoms with van der Waals surface area (Å²) < 4.78 is 1.93. The predicted molar refractivity (Wildman–Crippen MR) is 64.3 cm³/mol. The van der Waals surface area contributed by atoms with Crippen LogP contribution in [0.3, 0.4) is 0 Å². The summed E-state index contributed by atoms with van der Waals surface area (Å²) in [5, 5.41) is 8.31. The van der Waals surface area contributed by atoms with Gasteiger partial charge in [-0.25, -0.2) is 0 Å². The summed E-state index contributed by atoms with van der Waals surface area (Å²) in [5.41, 5.74) is 0. The van der Waals surface area contributed by atoms with Gasteiger partial charge in [0.15, 0.2) is 0 Å². The molecule has 1 heterocycles. The molecular weight excluding hydrogens is 210 g/mol. The van der Waals surface area contributed by atoms with E-state index in [9.17, 15) is 0 Å². The second kappa shape index (κ2) is 6.13. The number of nitrogens with zero attached hydrogens (tertiary/aromatic N) is 2. The van der Waals surface area contributed by atoms with Crippen LogP contribution in [0.4, 0.5) is 0 Å². The molecule has 1 unspecified atom stereocenters. The van der Waals surface area contributed by atoms with Gasteiger partial charge in [-0.3, -0.25) is 4.68 Å². The maximum atomic E-state index is 5.81. The van der Waals surface area contributed by atoms with Crippen LogP contribution >= 0.6 is 11.6 Å². The van der Waals surface area contributed by atoms with Gasteiger partial charge in [0.05, 0.1) is 11.2 Å². The Morgan fingerprint density at radius 1 is 1.47 bits per heavy atom. The molecule has 15 heavy (non-hydrogen) atoms. The number of hydrogen-bond donors (Lipinski definition) is 1. The zero-order valence-corrected chi connectivity index (χ0v) is 10.5. The number of rotatable bonds is 6. The summed E-state index contributed by atoms with van der Waals surface area (Å²) in [6.45, 7) is 7.56. The summed E-state index contributed by atoms with van der Waals surface area (Å²) in [7, 11) is 0. The van der Waals surface area contributed by atoms with Crippen molar-refractivity contribution in [1.82, 2.24) is 15.1 Å². The van der Waals surface area contributed by atoms with E-state index < -0.39 is 0 Å². The molecule has 1 N–H and O–H groups in total. The van der Waals surface area contributed by atoms with Crippen LogP contribution in [0.2, 0.25) is 5.02 Å². The highest BCUT2D eigenvalue weighted by atomic mass is 35.5. The van der Waals surface area contributed by atoms with E-state index in [2.05, 4.69) is 31.2 Å². The lowest BCUT2D eigenvalue weighted by atomic mass is 10.2. The van der Waals surface area contributed by atoms with Gasteiger partial charge in [0.25, 0.3) is 0 Å². The average Bonchev–Trinajstić information content (AvgIpc) is 2.59. The zero-order chi connectivity index (χ0) is 11.3. The standard InChI is InChI=1S/C11H20ClN3/c1-9(2)13-6-4-5-10(3)15-8-11(12)7-14-15/h7-10,13H,4-6H2,1-3H3. The Kier molecular flexibility index (Phi) is 5.12. The number of aromatic nitrogens is 2. The Morgan fingerprint density at radius 3 is 2.73 bits per heavy atom. The van der Waals surface area contributed by atoms with Crippen LogP contribution in [0.1, 0.15) is 39.7 Å². The van der Waals surface area contributed by atoms with E-state index in [1.54, 1.807) is 6.20 Å². The monoisotopic (exact) mass is 229 g/mol. The third kappa shape index (κ3) is 4.67. The minimum absolute atomic E-state index is 0.423. The molecular formula is C11H20ClN3. The van der Waals surface area contributed by atoms with Crippen molar-refractivity contribution in [2.45, 2.75) is 45.7 Å². The van der Waals surface area contributed by atoms with Crippen LogP contribution in [0.15, 0.2) is 12.4 Å². The van der Waals surface area contributed by atoms with Crippen LogP contribution in [-0.4, -0.2) is 22.4 Å². The van der Waals surface area contributed by atoms with Crippen LogP contribution in [0, 0.1) is 0 Å². The molecule has 0 aromatic carbocycles. The van der Waals surface area contributed by atoms with E-state index in [1.807, 2.05) is 10.9 Å². The molecule has 0 aliphatic carbocycles. The van der Waals surface area contributed by atoms with Gasteiger partial charge in [0.2, 0.25) is 0 Å². The molecule has 4 heteroatoms. The van der Waals surface area contributed by atoms with E-state index in [-0.39, 0.29) is 0 Å². The summed E-state index contributed by atoms with van der Waals surface area (Å²) >= 11 is 5.81. The van der Waals surface area contributed by atoms with Crippen molar-refractivity contribution in [3.8, 4) is 0 Å². The van der Waals surface area contributed by atoms with Crippen molar-refractivity contribution >= 4 is 11.6 Å². The molecule has 0 saturated heterocycles. The van der Waals surface area contributed by atoms with Crippen molar-refractivity contribution in [3.63, 3.8) is 0 Å². The first-order valence-electron chi connectivity index (χ1n) is 5.52. The van der Waals surface area contributed by atoms with Crippen LogP contribution in [0.5, 0.6) is 0 Å². The highest BCUT2D eigenvalue weighted by Gasteiger charge is 2.05. The zero-order valence-electron chi connectivity index (χ0n) is 9.70. The van der Waals surface area contributed by atoms with E-state index in [0.29, 0.717) is 17.1 Å². The van der Waals surface area contributed by atoms with Crippen molar-refractivity contribution < 1.29 is 0 Å². The lowest BCUT2D eigenvalue weighted by Crippen LogP contribution is -2.24. The van der Waals surface area contributed by atoms with Gasteiger partial charge in [-0.15, -0.1) is 0 Å². The third-order valence-corrected chi connectivity index (χ3v) is 2.57. The minimum Gasteiger partial charge on any atom is -0.315 e. The second-order valence-corrected chi connectivity index (χ2v) is 4.68. The number of nitrogens with one attached hydrogen (secondary N) is 1. The van der Waals surface area contributed by atoms with E-state index in [1.165, 1.54) is 0 Å². The fraction of sp³-hybridized carbons (Fsp3) is 0.727. The maximum Gasteiger partial charge on any atom is 0.0785 e. The van der Waals surface area contributed by atoms with Crippen molar-refractivity contribution in [2.75, 3.05) is 6.54 Å². The summed E-state index contributed by atoms with van der Waals surface area (Å²) in [6.07, 6.45) is 5.85. The lowest BCUT2D eigenvalue weighted by molar-refractivity contribution is 0.432. The van der Waals surface area contributed by atoms with E-state index in [0.717, 1.165) is 19.4 Å². The Morgan fingerprint density at radius 2 is 2.20 bits per heavy atom. The SMILES string of the molecule is CC(C)NCCCC(C)n1cc(Cl)cn1. The maximum absolute atomic E-state index is 5.81. The first kappa shape index (κ1) is 12.5. The summed E-state index contributed by atoms with van der Waals surface area (Å²) in [5.74, 6) is 0. The fourth-order valence-corrected chi connectivity index (χ4v) is 1.62.